The second kappa shape index (κ2) is 8.95. The monoisotopic (exact) mass is 468 g/mol. The van der Waals surface area contributed by atoms with Crippen molar-refractivity contribution < 1.29 is 5.11 Å². The summed E-state index contributed by atoms with van der Waals surface area (Å²) in [5.74, 6) is 0.230. The fourth-order valence-electron chi connectivity index (χ4n) is 4.93. The van der Waals surface area contributed by atoms with Crippen molar-refractivity contribution in [2.45, 2.75) is 39.3 Å². The zero-order chi connectivity index (χ0) is 23.8. The SMILES string of the molecule is CCc1ccc(-n2c(C)cc([C@H]3[C@@H](c4ccccn4)NC(=S)N3c3ccc(O)cc3)c2C)cc1. The maximum atomic E-state index is 9.85. The third kappa shape index (κ3) is 3.84. The van der Waals surface area contributed by atoms with Gasteiger partial charge in [-0.3, -0.25) is 4.98 Å². The van der Waals surface area contributed by atoms with E-state index >= 15 is 0 Å². The lowest BCUT2D eigenvalue weighted by Gasteiger charge is -2.28. The third-order valence-electron chi connectivity index (χ3n) is 6.62. The molecule has 1 aliphatic heterocycles. The summed E-state index contributed by atoms with van der Waals surface area (Å²) in [6.45, 7) is 6.48. The summed E-state index contributed by atoms with van der Waals surface area (Å²) in [6, 6.07) is 24.0. The van der Waals surface area contributed by atoms with Crippen molar-refractivity contribution in [2.24, 2.45) is 0 Å². The summed E-state index contributed by atoms with van der Waals surface area (Å²) in [6.07, 6.45) is 2.84. The number of benzene rings is 2. The highest BCUT2D eigenvalue weighted by molar-refractivity contribution is 7.80. The fraction of sp³-hybridized carbons (Fsp3) is 0.214. The van der Waals surface area contributed by atoms with Gasteiger partial charge < -0.3 is 19.9 Å². The highest BCUT2D eigenvalue weighted by atomic mass is 32.1. The number of aryl methyl sites for hydroxylation is 2. The Morgan fingerprint density at radius 3 is 2.32 bits per heavy atom. The number of hydrogen-bond donors (Lipinski definition) is 2. The summed E-state index contributed by atoms with van der Waals surface area (Å²) in [7, 11) is 0. The summed E-state index contributed by atoms with van der Waals surface area (Å²) in [5, 5.41) is 14.0. The first-order valence-corrected chi connectivity index (χ1v) is 12.0. The Hall–Kier alpha value is -3.64. The lowest BCUT2D eigenvalue weighted by atomic mass is 9.96. The van der Waals surface area contributed by atoms with Crippen LogP contribution in [0.15, 0.2) is 79.0 Å². The van der Waals surface area contributed by atoms with Gasteiger partial charge in [0.25, 0.3) is 0 Å². The van der Waals surface area contributed by atoms with E-state index in [4.69, 9.17) is 12.2 Å². The fourth-order valence-corrected chi connectivity index (χ4v) is 5.27. The average Bonchev–Trinajstić information content (AvgIpc) is 3.35. The molecule has 1 fully saturated rings. The predicted molar refractivity (Wildman–Crippen MR) is 141 cm³/mol. The number of aromatic hydroxyl groups is 1. The van der Waals surface area contributed by atoms with Gasteiger partial charge in [0.1, 0.15) is 5.75 Å². The van der Waals surface area contributed by atoms with Gasteiger partial charge in [-0.1, -0.05) is 25.1 Å². The van der Waals surface area contributed by atoms with Crippen LogP contribution in [0.3, 0.4) is 0 Å². The van der Waals surface area contributed by atoms with Crippen molar-refractivity contribution in [1.82, 2.24) is 14.9 Å². The van der Waals surface area contributed by atoms with Gasteiger partial charge in [-0.2, -0.15) is 0 Å². The first-order chi connectivity index (χ1) is 16.5. The highest BCUT2D eigenvalue weighted by Crippen LogP contribution is 2.43. The predicted octanol–water partition coefficient (Wildman–Crippen LogP) is 5.93. The van der Waals surface area contributed by atoms with E-state index in [1.165, 1.54) is 22.5 Å². The molecular formula is C28H28N4OS. The zero-order valence-corrected chi connectivity index (χ0v) is 20.4. The lowest BCUT2D eigenvalue weighted by Crippen LogP contribution is -2.29. The minimum absolute atomic E-state index is 0.0955. The Balaban J connectivity index is 1.65. The molecule has 1 saturated heterocycles. The maximum Gasteiger partial charge on any atom is 0.174 e. The van der Waals surface area contributed by atoms with E-state index in [0.29, 0.717) is 5.11 Å². The van der Waals surface area contributed by atoms with Gasteiger partial charge in [-0.05, 0) is 98.2 Å². The number of rotatable bonds is 5. The van der Waals surface area contributed by atoms with Gasteiger partial charge in [0.05, 0.1) is 17.8 Å². The van der Waals surface area contributed by atoms with Crippen LogP contribution in [-0.4, -0.2) is 19.8 Å². The summed E-state index contributed by atoms with van der Waals surface area (Å²) >= 11 is 5.83. The number of aromatic nitrogens is 2. The maximum absolute atomic E-state index is 9.85. The van der Waals surface area contributed by atoms with Gasteiger partial charge in [-0.15, -0.1) is 0 Å². The quantitative estimate of drug-likeness (QED) is 0.355. The average molecular weight is 469 g/mol. The van der Waals surface area contributed by atoms with Crippen LogP contribution < -0.4 is 10.2 Å². The van der Waals surface area contributed by atoms with Crippen LogP contribution in [0, 0.1) is 13.8 Å². The van der Waals surface area contributed by atoms with Crippen molar-refractivity contribution in [1.29, 1.82) is 0 Å². The summed E-state index contributed by atoms with van der Waals surface area (Å²) in [4.78, 5) is 6.79. The first-order valence-electron chi connectivity index (χ1n) is 11.6. The molecule has 0 spiro atoms. The van der Waals surface area contributed by atoms with Crippen LogP contribution in [0.2, 0.25) is 0 Å². The largest absolute Gasteiger partial charge is 0.508 e. The number of nitrogens with zero attached hydrogens (tertiary/aromatic N) is 3. The van der Waals surface area contributed by atoms with E-state index in [1.807, 2.05) is 36.5 Å². The van der Waals surface area contributed by atoms with Gasteiger partial charge in [0.15, 0.2) is 5.11 Å². The number of anilines is 1. The topological polar surface area (TPSA) is 53.3 Å². The summed E-state index contributed by atoms with van der Waals surface area (Å²) in [5.41, 5.74) is 7.86. The molecule has 0 amide bonds. The van der Waals surface area contributed by atoms with E-state index < -0.39 is 0 Å². The van der Waals surface area contributed by atoms with Crippen molar-refractivity contribution in [3.8, 4) is 11.4 Å². The molecular weight excluding hydrogens is 440 g/mol. The van der Waals surface area contributed by atoms with E-state index in [9.17, 15) is 5.11 Å². The Morgan fingerprint density at radius 2 is 1.68 bits per heavy atom. The molecule has 34 heavy (non-hydrogen) atoms. The minimum Gasteiger partial charge on any atom is -0.508 e. The van der Waals surface area contributed by atoms with E-state index in [2.05, 4.69) is 70.9 Å². The van der Waals surface area contributed by atoms with Crippen LogP contribution in [0.25, 0.3) is 5.69 Å². The number of pyridine rings is 1. The number of hydrogen-bond acceptors (Lipinski definition) is 3. The molecule has 0 radical (unpaired) electrons. The first kappa shape index (κ1) is 22.2. The molecule has 2 aromatic carbocycles. The van der Waals surface area contributed by atoms with Gasteiger partial charge in [-0.25, -0.2) is 0 Å². The molecule has 4 aromatic rings. The molecule has 2 atom stereocenters. The van der Waals surface area contributed by atoms with E-state index in [-0.39, 0.29) is 17.8 Å². The second-order valence-electron chi connectivity index (χ2n) is 8.69. The normalized spacial score (nSPS) is 17.7. The number of nitrogens with one attached hydrogen (secondary N) is 1. The van der Waals surface area contributed by atoms with Crippen LogP contribution in [-0.2, 0) is 6.42 Å². The lowest BCUT2D eigenvalue weighted by molar-refractivity contribution is 0.475. The smallest absolute Gasteiger partial charge is 0.174 e. The second-order valence-corrected chi connectivity index (χ2v) is 9.08. The molecule has 0 bridgehead atoms. The van der Waals surface area contributed by atoms with Crippen molar-refractivity contribution in [2.75, 3.05) is 4.90 Å². The van der Waals surface area contributed by atoms with Crippen LogP contribution in [0.1, 0.15) is 47.2 Å². The standard InChI is InChI=1S/C28H28N4OS/c1-4-20-8-10-21(11-9-20)31-18(2)17-24(19(31)3)27-26(25-7-5-6-16-29-25)30-28(34)32(27)22-12-14-23(33)15-13-22/h5-17,26-27,33H,4H2,1-3H3,(H,30,34)/t26-,27+/m1/s1. The molecule has 0 saturated carbocycles. The van der Waals surface area contributed by atoms with Gasteiger partial charge in [0.2, 0.25) is 0 Å². The number of thiocarbonyl (C=S) groups is 1. The van der Waals surface area contributed by atoms with Crippen LogP contribution in [0.4, 0.5) is 5.69 Å². The Bertz CT molecular complexity index is 1310. The highest BCUT2D eigenvalue weighted by Gasteiger charge is 2.42. The third-order valence-corrected chi connectivity index (χ3v) is 6.93. The molecule has 1 aliphatic rings. The van der Waals surface area contributed by atoms with Gasteiger partial charge >= 0.3 is 0 Å². The molecule has 5 rings (SSSR count). The van der Waals surface area contributed by atoms with Crippen molar-refractivity contribution in [3.63, 3.8) is 0 Å². The molecule has 0 aliphatic carbocycles. The molecule has 3 heterocycles. The van der Waals surface area contributed by atoms with E-state index in [0.717, 1.165) is 23.5 Å². The molecule has 5 nitrogen and oxygen atoms in total. The Labute approximate surface area is 205 Å². The van der Waals surface area contributed by atoms with E-state index in [1.54, 1.807) is 12.1 Å². The van der Waals surface area contributed by atoms with Gasteiger partial charge in [0, 0.05) is 29.0 Å². The molecule has 6 heteroatoms. The van der Waals surface area contributed by atoms with Crippen molar-refractivity contribution in [3.05, 3.63) is 107 Å². The number of phenolic OH excluding ortho intramolecular Hbond substituents is 1. The Kier molecular flexibility index (Phi) is 5.84. The molecule has 2 N–H and O–H groups in total. The molecule has 2 aromatic heterocycles. The zero-order valence-electron chi connectivity index (χ0n) is 19.6. The summed E-state index contributed by atoms with van der Waals surface area (Å²) < 4.78 is 2.31. The van der Waals surface area contributed by atoms with Crippen molar-refractivity contribution >= 4 is 23.0 Å². The minimum atomic E-state index is -0.112. The number of phenols is 1. The molecule has 172 valence electrons. The van der Waals surface area contributed by atoms with Crippen LogP contribution in [0.5, 0.6) is 5.75 Å². The Morgan fingerprint density at radius 1 is 0.971 bits per heavy atom. The van der Waals surface area contributed by atoms with Crippen LogP contribution >= 0.6 is 12.2 Å². The molecule has 0 unspecified atom stereocenters.